The van der Waals surface area contributed by atoms with Crippen molar-refractivity contribution in [1.82, 2.24) is 15.0 Å². The third-order valence-electron chi connectivity index (χ3n) is 3.41. The number of piperazine rings is 1. The van der Waals surface area contributed by atoms with E-state index in [2.05, 4.69) is 30.8 Å². The van der Waals surface area contributed by atoms with E-state index in [0.717, 1.165) is 44.2 Å². The maximum absolute atomic E-state index is 12.2. The van der Waals surface area contributed by atoms with Crippen molar-refractivity contribution in [3.05, 3.63) is 17.5 Å². The number of hydrogen-bond acceptors (Lipinski definition) is 5. The molecule has 21 heavy (non-hydrogen) atoms. The lowest BCUT2D eigenvalue weighted by Gasteiger charge is -2.34. The number of amides is 1. The van der Waals surface area contributed by atoms with E-state index in [4.69, 9.17) is 4.52 Å². The quantitative estimate of drug-likeness (QED) is 0.853. The van der Waals surface area contributed by atoms with Gasteiger partial charge in [0.2, 0.25) is 5.91 Å². The molecule has 2 rings (SSSR count). The van der Waals surface area contributed by atoms with E-state index in [0.29, 0.717) is 5.75 Å². The lowest BCUT2D eigenvalue weighted by Crippen LogP contribution is -2.49. The normalized spacial score (nSPS) is 17.2. The molecule has 1 amide bonds. The number of rotatable bonds is 4. The zero-order valence-corrected chi connectivity index (χ0v) is 14.2. The summed E-state index contributed by atoms with van der Waals surface area (Å²) in [6, 6.07) is 1.97. The molecule has 1 fully saturated rings. The Morgan fingerprint density at radius 2 is 2.00 bits per heavy atom. The van der Waals surface area contributed by atoms with Crippen LogP contribution in [0.5, 0.6) is 0 Å². The van der Waals surface area contributed by atoms with Gasteiger partial charge in [-0.3, -0.25) is 9.69 Å². The van der Waals surface area contributed by atoms with Crippen molar-refractivity contribution < 1.29 is 9.32 Å². The fraction of sp³-hybridized carbons (Fsp3) is 0.733. The highest BCUT2D eigenvalue weighted by atomic mass is 32.2. The van der Waals surface area contributed by atoms with E-state index in [1.807, 2.05) is 17.9 Å². The summed E-state index contributed by atoms with van der Waals surface area (Å²) in [6.07, 6.45) is 0. The van der Waals surface area contributed by atoms with Gasteiger partial charge in [-0.2, -0.15) is 0 Å². The molecule has 0 spiro atoms. The van der Waals surface area contributed by atoms with Crippen molar-refractivity contribution in [3.63, 3.8) is 0 Å². The van der Waals surface area contributed by atoms with Gasteiger partial charge in [0.25, 0.3) is 0 Å². The Morgan fingerprint density at radius 3 is 2.52 bits per heavy atom. The smallest absolute Gasteiger partial charge is 0.232 e. The van der Waals surface area contributed by atoms with Gasteiger partial charge in [0.15, 0.2) is 5.76 Å². The highest BCUT2D eigenvalue weighted by molar-refractivity contribution is 8.01. The van der Waals surface area contributed by atoms with Crippen LogP contribution in [0.15, 0.2) is 10.6 Å². The van der Waals surface area contributed by atoms with Crippen LogP contribution in [0.1, 0.15) is 32.2 Å². The minimum atomic E-state index is 0.141. The number of carbonyl (C=O) groups is 1. The van der Waals surface area contributed by atoms with Gasteiger partial charge in [-0.05, 0) is 6.92 Å². The van der Waals surface area contributed by atoms with E-state index in [9.17, 15) is 4.79 Å². The van der Waals surface area contributed by atoms with Crippen LogP contribution in [0.4, 0.5) is 0 Å². The number of nitrogens with zero attached hydrogens (tertiary/aromatic N) is 3. The van der Waals surface area contributed by atoms with Gasteiger partial charge in [-0.1, -0.05) is 25.9 Å². The monoisotopic (exact) mass is 311 g/mol. The molecule has 0 radical (unpaired) electrons. The molecule has 118 valence electrons. The lowest BCUT2D eigenvalue weighted by molar-refractivity contribution is -0.130. The average molecular weight is 311 g/mol. The zero-order valence-electron chi connectivity index (χ0n) is 13.4. The summed E-state index contributed by atoms with van der Waals surface area (Å²) in [5, 5.41) is 3.90. The topological polar surface area (TPSA) is 49.6 Å². The molecule has 1 aromatic rings. The number of hydrogen-bond donors (Lipinski definition) is 0. The molecule has 6 heteroatoms. The molecule has 1 aromatic heterocycles. The van der Waals surface area contributed by atoms with E-state index >= 15 is 0 Å². The molecule has 0 bridgehead atoms. The minimum absolute atomic E-state index is 0.141. The third kappa shape index (κ3) is 5.36. The Labute approximate surface area is 131 Å². The third-order valence-corrected chi connectivity index (χ3v) is 4.67. The predicted molar refractivity (Wildman–Crippen MR) is 85.3 cm³/mol. The van der Waals surface area contributed by atoms with Gasteiger partial charge in [0.05, 0.1) is 18.0 Å². The van der Waals surface area contributed by atoms with Crippen molar-refractivity contribution in [2.24, 2.45) is 0 Å². The molecule has 0 unspecified atom stereocenters. The van der Waals surface area contributed by atoms with Gasteiger partial charge in [0, 0.05) is 37.0 Å². The van der Waals surface area contributed by atoms with Crippen molar-refractivity contribution in [1.29, 1.82) is 0 Å². The first-order chi connectivity index (χ1) is 9.83. The van der Waals surface area contributed by atoms with Gasteiger partial charge < -0.3 is 9.42 Å². The van der Waals surface area contributed by atoms with Crippen LogP contribution in [-0.2, 0) is 11.3 Å². The molecule has 1 saturated heterocycles. The SMILES string of the molecule is Cc1cc(CN2CCN(C(=O)CSC(C)(C)C)CC2)on1. The molecule has 1 aliphatic heterocycles. The Kier molecular flexibility index (Phi) is 5.32. The Hall–Kier alpha value is -1.01. The summed E-state index contributed by atoms with van der Waals surface area (Å²) in [6.45, 7) is 12.5. The van der Waals surface area contributed by atoms with Crippen LogP contribution >= 0.6 is 11.8 Å². The molecule has 2 heterocycles. The molecule has 0 aromatic carbocycles. The summed E-state index contributed by atoms with van der Waals surface area (Å²) in [5.41, 5.74) is 0.915. The molecule has 0 N–H and O–H groups in total. The maximum Gasteiger partial charge on any atom is 0.232 e. The zero-order chi connectivity index (χ0) is 15.5. The Morgan fingerprint density at radius 1 is 1.33 bits per heavy atom. The van der Waals surface area contributed by atoms with E-state index < -0.39 is 0 Å². The van der Waals surface area contributed by atoms with E-state index in [1.165, 1.54) is 0 Å². The second-order valence-electron chi connectivity index (χ2n) is 6.49. The van der Waals surface area contributed by atoms with Crippen LogP contribution in [0, 0.1) is 6.92 Å². The highest BCUT2D eigenvalue weighted by Gasteiger charge is 2.23. The van der Waals surface area contributed by atoms with Crippen LogP contribution in [0.2, 0.25) is 0 Å². The molecule has 0 atom stereocenters. The molecule has 5 nitrogen and oxygen atoms in total. The fourth-order valence-corrected chi connectivity index (χ4v) is 2.98. The highest BCUT2D eigenvalue weighted by Crippen LogP contribution is 2.23. The lowest BCUT2D eigenvalue weighted by atomic mass is 10.3. The van der Waals surface area contributed by atoms with Crippen LogP contribution in [-0.4, -0.2) is 57.5 Å². The van der Waals surface area contributed by atoms with Crippen molar-refractivity contribution in [2.45, 2.75) is 39.0 Å². The van der Waals surface area contributed by atoms with Gasteiger partial charge >= 0.3 is 0 Å². The first-order valence-corrected chi connectivity index (χ1v) is 8.38. The molecular formula is C15H25N3O2S. The number of thioether (sulfide) groups is 1. The molecule has 0 saturated carbocycles. The van der Waals surface area contributed by atoms with Crippen molar-refractivity contribution >= 4 is 17.7 Å². The number of carbonyl (C=O) groups excluding carboxylic acids is 1. The standard InChI is InChI=1S/C15H25N3O2S/c1-12-9-13(20-16-12)10-17-5-7-18(8-6-17)14(19)11-21-15(2,3)4/h9H,5-8,10-11H2,1-4H3. The summed E-state index contributed by atoms with van der Waals surface area (Å²) < 4.78 is 5.38. The second-order valence-corrected chi connectivity index (χ2v) is 8.29. The summed E-state index contributed by atoms with van der Waals surface area (Å²) in [7, 11) is 0. The van der Waals surface area contributed by atoms with Crippen LogP contribution < -0.4 is 0 Å². The molecular weight excluding hydrogens is 286 g/mol. The second kappa shape index (κ2) is 6.83. The molecule has 0 aliphatic carbocycles. The van der Waals surface area contributed by atoms with Crippen LogP contribution in [0.25, 0.3) is 0 Å². The number of aromatic nitrogens is 1. The Bertz CT molecular complexity index is 474. The largest absolute Gasteiger partial charge is 0.360 e. The van der Waals surface area contributed by atoms with Crippen molar-refractivity contribution in [3.8, 4) is 0 Å². The summed E-state index contributed by atoms with van der Waals surface area (Å²) >= 11 is 1.71. The van der Waals surface area contributed by atoms with Gasteiger partial charge in [-0.15, -0.1) is 11.8 Å². The Balaban J connectivity index is 1.74. The summed E-state index contributed by atoms with van der Waals surface area (Å²) in [4.78, 5) is 16.5. The van der Waals surface area contributed by atoms with Gasteiger partial charge in [-0.25, -0.2) is 0 Å². The fourth-order valence-electron chi connectivity index (χ4n) is 2.24. The van der Waals surface area contributed by atoms with Crippen LogP contribution in [0.3, 0.4) is 0 Å². The van der Waals surface area contributed by atoms with E-state index in [1.54, 1.807) is 11.8 Å². The summed E-state index contributed by atoms with van der Waals surface area (Å²) in [5.74, 6) is 1.73. The van der Waals surface area contributed by atoms with Crippen molar-refractivity contribution in [2.75, 3.05) is 31.9 Å². The predicted octanol–water partition coefficient (Wildman–Crippen LogP) is 2.16. The first kappa shape index (κ1) is 16.4. The average Bonchev–Trinajstić information content (AvgIpc) is 2.81. The van der Waals surface area contributed by atoms with Gasteiger partial charge in [0.1, 0.15) is 0 Å². The molecule has 1 aliphatic rings. The number of aryl methyl sites for hydroxylation is 1. The van der Waals surface area contributed by atoms with E-state index in [-0.39, 0.29) is 10.7 Å². The maximum atomic E-state index is 12.2. The first-order valence-electron chi connectivity index (χ1n) is 7.40. The minimum Gasteiger partial charge on any atom is -0.360 e.